The highest BCUT2D eigenvalue weighted by atomic mass is 35.5. The molecule has 0 aliphatic carbocycles. The molecule has 7 heteroatoms. The molecule has 1 saturated heterocycles. The lowest BCUT2D eigenvalue weighted by Crippen LogP contribution is -2.37. The average Bonchev–Trinajstić information content (AvgIpc) is 2.73. The van der Waals surface area contributed by atoms with Crippen LogP contribution in [0.4, 0.5) is 5.69 Å². The highest BCUT2D eigenvalue weighted by molar-refractivity contribution is 7.99. The van der Waals surface area contributed by atoms with Gasteiger partial charge in [-0.15, -0.1) is 0 Å². The molecule has 2 aromatic rings. The van der Waals surface area contributed by atoms with E-state index in [9.17, 15) is 9.59 Å². The smallest absolute Gasteiger partial charge is 0.253 e. The van der Waals surface area contributed by atoms with Gasteiger partial charge in [0.15, 0.2) is 0 Å². The van der Waals surface area contributed by atoms with Gasteiger partial charge in [-0.05, 0) is 43.8 Å². The molecule has 0 bridgehead atoms. The molecule has 3 rings (SSSR count). The number of benzene rings is 2. The number of thioether (sulfide) groups is 1. The van der Waals surface area contributed by atoms with Crippen molar-refractivity contribution in [1.82, 2.24) is 9.80 Å². The van der Waals surface area contributed by atoms with Crippen molar-refractivity contribution in [2.45, 2.75) is 13.0 Å². The number of halogens is 1. The van der Waals surface area contributed by atoms with E-state index >= 15 is 0 Å². The Bertz CT molecular complexity index is 871. The van der Waals surface area contributed by atoms with E-state index < -0.39 is 0 Å². The standard InChI is InChI=1S/C22H26ClN3O2S/c1-16(19-8-3-4-9-20(19)23)25(2)15-21(27)24-18-7-5-6-17(14-18)22(28)26-10-12-29-13-11-26/h3-9,14,16H,10-13,15H2,1-2H3,(H,24,27). The number of anilines is 1. The molecule has 29 heavy (non-hydrogen) atoms. The predicted octanol–water partition coefficient (Wildman–Crippen LogP) is 4.16. The van der Waals surface area contributed by atoms with Gasteiger partial charge in [-0.25, -0.2) is 0 Å². The summed E-state index contributed by atoms with van der Waals surface area (Å²) in [5.41, 5.74) is 2.22. The van der Waals surface area contributed by atoms with Crippen molar-refractivity contribution in [3.63, 3.8) is 0 Å². The minimum absolute atomic E-state index is 0.000617. The molecule has 0 saturated carbocycles. The normalized spacial score (nSPS) is 15.2. The van der Waals surface area contributed by atoms with Crippen LogP contribution in [0.5, 0.6) is 0 Å². The number of rotatable bonds is 6. The molecule has 1 atom stereocenters. The second-order valence-electron chi connectivity index (χ2n) is 7.15. The van der Waals surface area contributed by atoms with Gasteiger partial charge in [0.05, 0.1) is 6.54 Å². The van der Waals surface area contributed by atoms with Crippen LogP contribution in [0.1, 0.15) is 28.9 Å². The van der Waals surface area contributed by atoms with Crippen LogP contribution < -0.4 is 5.32 Å². The van der Waals surface area contributed by atoms with Gasteiger partial charge in [0.2, 0.25) is 5.91 Å². The highest BCUT2D eigenvalue weighted by Gasteiger charge is 2.20. The fourth-order valence-corrected chi connectivity index (χ4v) is 4.49. The summed E-state index contributed by atoms with van der Waals surface area (Å²) in [6.45, 7) is 3.77. The second-order valence-corrected chi connectivity index (χ2v) is 8.78. The Morgan fingerprint density at radius 1 is 1.17 bits per heavy atom. The van der Waals surface area contributed by atoms with E-state index in [1.165, 1.54) is 0 Å². The topological polar surface area (TPSA) is 52.7 Å². The molecule has 1 unspecified atom stereocenters. The summed E-state index contributed by atoms with van der Waals surface area (Å²) in [6, 6.07) is 14.8. The lowest BCUT2D eigenvalue weighted by molar-refractivity contribution is -0.117. The molecule has 154 valence electrons. The summed E-state index contributed by atoms with van der Waals surface area (Å²) in [6.07, 6.45) is 0. The van der Waals surface area contributed by atoms with Crippen LogP contribution in [-0.2, 0) is 4.79 Å². The van der Waals surface area contributed by atoms with Crippen LogP contribution in [0, 0.1) is 0 Å². The molecule has 0 aromatic heterocycles. The maximum atomic E-state index is 12.7. The van der Waals surface area contributed by atoms with Crippen molar-refractivity contribution in [3.05, 3.63) is 64.7 Å². The molecule has 0 radical (unpaired) electrons. The quantitative estimate of drug-likeness (QED) is 0.746. The number of likely N-dealkylation sites (N-methyl/N-ethyl adjacent to an activating group) is 1. The fourth-order valence-electron chi connectivity index (χ4n) is 3.29. The zero-order chi connectivity index (χ0) is 20.8. The number of nitrogens with zero attached hydrogens (tertiary/aromatic N) is 2. The maximum Gasteiger partial charge on any atom is 0.253 e. The number of amides is 2. The molecule has 1 aliphatic rings. The van der Waals surface area contributed by atoms with E-state index in [0.717, 1.165) is 30.2 Å². The summed E-state index contributed by atoms with van der Waals surface area (Å²) in [4.78, 5) is 29.0. The Morgan fingerprint density at radius 3 is 2.62 bits per heavy atom. The number of hydrogen-bond acceptors (Lipinski definition) is 4. The van der Waals surface area contributed by atoms with E-state index in [1.54, 1.807) is 24.3 Å². The minimum Gasteiger partial charge on any atom is -0.337 e. The Balaban J connectivity index is 1.60. The summed E-state index contributed by atoms with van der Waals surface area (Å²) < 4.78 is 0. The fraction of sp³-hybridized carbons (Fsp3) is 0.364. The molecule has 1 fully saturated rings. The third-order valence-corrected chi connectivity index (χ3v) is 6.39. The first kappa shape index (κ1) is 21.7. The molecule has 5 nitrogen and oxygen atoms in total. The number of carbonyl (C=O) groups is 2. The van der Waals surface area contributed by atoms with Crippen LogP contribution in [0.2, 0.25) is 5.02 Å². The zero-order valence-electron chi connectivity index (χ0n) is 16.7. The number of nitrogens with one attached hydrogen (secondary N) is 1. The Kier molecular flexibility index (Phi) is 7.58. The molecule has 1 aliphatic heterocycles. The van der Waals surface area contributed by atoms with E-state index in [4.69, 9.17) is 11.6 Å². The molecule has 2 aromatic carbocycles. The summed E-state index contributed by atoms with van der Waals surface area (Å²) in [5, 5.41) is 3.59. The SMILES string of the molecule is CC(c1ccccc1Cl)N(C)CC(=O)Nc1cccc(C(=O)N2CCSCC2)c1. The van der Waals surface area contributed by atoms with Crippen LogP contribution in [-0.4, -0.2) is 59.8 Å². The summed E-state index contributed by atoms with van der Waals surface area (Å²) in [5.74, 6) is 1.83. The van der Waals surface area contributed by atoms with Gasteiger partial charge in [0.1, 0.15) is 0 Å². The molecule has 1 N–H and O–H groups in total. The lowest BCUT2D eigenvalue weighted by atomic mass is 10.1. The third-order valence-electron chi connectivity index (χ3n) is 5.10. The van der Waals surface area contributed by atoms with Crippen molar-refractivity contribution in [2.75, 3.05) is 43.5 Å². The van der Waals surface area contributed by atoms with Crippen LogP contribution in [0.25, 0.3) is 0 Å². The monoisotopic (exact) mass is 431 g/mol. The van der Waals surface area contributed by atoms with Crippen molar-refractivity contribution in [3.8, 4) is 0 Å². The second kappa shape index (κ2) is 10.1. The summed E-state index contributed by atoms with van der Waals surface area (Å²) >= 11 is 8.14. The summed E-state index contributed by atoms with van der Waals surface area (Å²) in [7, 11) is 1.89. The van der Waals surface area contributed by atoms with Crippen LogP contribution in [0.3, 0.4) is 0 Å². The maximum absolute atomic E-state index is 12.7. The highest BCUT2D eigenvalue weighted by Crippen LogP contribution is 2.26. The average molecular weight is 432 g/mol. The van der Waals surface area contributed by atoms with E-state index in [-0.39, 0.29) is 24.4 Å². The van der Waals surface area contributed by atoms with E-state index in [2.05, 4.69) is 5.32 Å². The number of carbonyl (C=O) groups excluding carboxylic acids is 2. The number of hydrogen-bond donors (Lipinski definition) is 1. The largest absolute Gasteiger partial charge is 0.337 e. The van der Waals surface area contributed by atoms with Gasteiger partial charge in [-0.3, -0.25) is 14.5 Å². The molecule has 1 heterocycles. The first-order valence-electron chi connectivity index (χ1n) is 9.67. The van der Waals surface area contributed by atoms with Gasteiger partial charge in [0, 0.05) is 46.9 Å². The molecular weight excluding hydrogens is 406 g/mol. The first-order chi connectivity index (χ1) is 14.0. The molecular formula is C22H26ClN3O2S. The molecule has 2 amide bonds. The lowest BCUT2D eigenvalue weighted by Gasteiger charge is -2.26. The minimum atomic E-state index is -0.134. The van der Waals surface area contributed by atoms with Crippen LogP contribution >= 0.6 is 23.4 Å². The first-order valence-corrected chi connectivity index (χ1v) is 11.2. The third kappa shape index (κ3) is 5.75. The van der Waals surface area contributed by atoms with Crippen molar-refractivity contribution in [2.24, 2.45) is 0 Å². The molecule has 0 spiro atoms. The van der Waals surface area contributed by atoms with Crippen LogP contribution in [0.15, 0.2) is 48.5 Å². The predicted molar refractivity (Wildman–Crippen MR) is 121 cm³/mol. The zero-order valence-corrected chi connectivity index (χ0v) is 18.3. The van der Waals surface area contributed by atoms with E-state index in [0.29, 0.717) is 16.3 Å². The van der Waals surface area contributed by atoms with E-state index in [1.807, 2.05) is 59.8 Å². The van der Waals surface area contributed by atoms with Gasteiger partial charge < -0.3 is 10.2 Å². The van der Waals surface area contributed by atoms with Gasteiger partial charge in [0.25, 0.3) is 5.91 Å². The van der Waals surface area contributed by atoms with Gasteiger partial charge >= 0.3 is 0 Å². The Hall–Kier alpha value is -2.02. The van der Waals surface area contributed by atoms with Crippen molar-refractivity contribution < 1.29 is 9.59 Å². The Labute approximate surface area is 181 Å². The van der Waals surface area contributed by atoms with Gasteiger partial charge in [-0.2, -0.15) is 11.8 Å². The Morgan fingerprint density at radius 2 is 1.90 bits per heavy atom. The van der Waals surface area contributed by atoms with Crippen molar-refractivity contribution >= 4 is 40.9 Å². The van der Waals surface area contributed by atoms with Crippen molar-refractivity contribution in [1.29, 1.82) is 0 Å². The van der Waals surface area contributed by atoms with Gasteiger partial charge in [-0.1, -0.05) is 35.9 Å².